The minimum absolute atomic E-state index is 0.124. The lowest BCUT2D eigenvalue weighted by Crippen LogP contribution is -2.23. The maximum Gasteiger partial charge on any atom is 0.266 e. The SMILES string of the molecule is NCCCc1cc(=O)n(C2CCCCC2)[nH]1. The van der Waals surface area contributed by atoms with E-state index in [9.17, 15) is 4.79 Å². The highest BCUT2D eigenvalue weighted by Gasteiger charge is 2.17. The molecule has 4 nitrogen and oxygen atoms in total. The van der Waals surface area contributed by atoms with Gasteiger partial charge in [0.05, 0.1) is 6.04 Å². The zero-order chi connectivity index (χ0) is 11.4. The highest BCUT2D eigenvalue weighted by molar-refractivity contribution is 5.01. The van der Waals surface area contributed by atoms with Gasteiger partial charge in [-0.05, 0) is 32.2 Å². The first kappa shape index (κ1) is 11.5. The van der Waals surface area contributed by atoms with Crippen LogP contribution in [0.4, 0.5) is 0 Å². The molecule has 0 aromatic carbocycles. The number of nitrogens with zero attached hydrogens (tertiary/aromatic N) is 1. The van der Waals surface area contributed by atoms with Crippen molar-refractivity contribution >= 4 is 0 Å². The molecular formula is C12H21N3O. The van der Waals surface area contributed by atoms with Crippen LogP contribution in [-0.2, 0) is 6.42 Å². The largest absolute Gasteiger partial charge is 0.330 e. The molecule has 4 heteroatoms. The standard InChI is InChI=1S/C12H21N3O/c13-8-4-5-10-9-12(16)15(14-10)11-6-2-1-3-7-11/h9,11,14H,1-8,13H2. The van der Waals surface area contributed by atoms with Crippen molar-refractivity contribution < 1.29 is 0 Å². The fourth-order valence-electron chi connectivity index (χ4n) is 2.49. The lowest BCUT2D eigenvalue weighted by molar-refractivity contribution is 0.322. The number of aryl methyl sites for hydroxylation is 1. The second-order valence-electron chi connectivity index (χ2n) is 4.67. The maximum absolute atomic E-state index is 11.8. The van der Waals surface area contributed by atoms with Crippen LogP contribution in [0, 0.1) is 0 Å². The van der Waals surface area contributed by atoms with E-state index >= 15 is 0 Å². The van der Waals surface area contributed by atoms with Gasteiger partial charge in [0.15, 0.2) is 0 Å². The summed E-state index contributed by atoms with van der Waals surface area (Å²) >= 11 is 0. The number of aromatic nitrogens is 2. The molecule has 1 heterocycles. The number of nitrogens with one attached hydrogen (secondary N) is 1. The van der Waals surface area contributed by atoms with Crippen LogP contribution in [0.3, 0.4) is 0 Å². The number of H-pyrrole nitrogens is 1. The Kier molecular flexibility index (Phi) is 3.83. The molecule has 1 aromatic heterocycles. The van der Waals surface area contributed by atoms with Crippen LogP contribution in [0.5, 0.6) is 0 Å². The van der Waals surface area contributed by atoms with Crippen LogP contribution in [0.25, 0.3) is 0 Å². The van der Waals surface area contributed by atoms with Gasteiger partial charge < -0.3 is 5.73 Å². The lowest BCUT2D eigenvalue weighted by Gasteiger charge is -2.21. The number of hydrogen-bond acceptors (Lipinski definition) is 2. The third kappa shape index (κ3) is 2.55. The molecule has 90 valence electrons. The molecule has 0 unspecified atom stereocenters. The first-order valence-electron chi connectivity index (χ1n) is 6.32. The van der Waals surface area contributed by atoms with E-state index < -0.39 is 0 Å². The van der Waals surface area contributed by atoms with Crippen molar-refractivity contribution in [3.8, 4) is 0 Å². The van der Waals surface area contributed by atoms with Crippen molar-refractivity contribution in [2.45, 2.75) is 51.0 Å². The van der Waals surface area contributed by atoms with E-state index in [4.69, 9.17) is 5.73 Å². The predicted octanol–water partition coefficient (Wildman–Crippen LogP) is 1.57. The van der Waals surface area contributed by atoms with Crippen LogP contribution < -0.4 is 11.3 Å². The fourth-order valence-corrected chi connectivity index (χ4v) is 2.49. The highest BCUT2D eigenvalue weighted by Crippen LogP contribution is 2.26. The Balaban J connectivity index is 2.08. The molecule has 2 rings (SSSR count). The molecule has 0 atom stereocenters. The molecule has 0 amide bonds. The fraction of sp³-hybridized carbons (Fsp3) is 0.750. The third-order valence-electron chi connectivity index (χ3n) is 3.39. The van der Waals surface area contributed by atoms with E-state index in [0.717, 1.165) is 31.4 Å². The molecule has 0 aliphatic heterocycles. The molecule has 1 aliphatic rings. The van der Waals surface area contributed by atoms with Crippen LogP contribution in [0.2, 0.25) is 0 Å². The zero-order valence-corrected chi connectivity index (χ0v) is 9.74. The van der Waals surface area contributed by atoms with Crippen LogP contribution >= 0.6 is 0 Å². The van der Waals surface area contributed by atoms with Gasteiger partial charge in [0.2, 0.25) is 0 Å². The van der Waals surface area contributed by atoms with E-state index in [0.29, 0.717) is 12.6 Å². The van der Waals surface area contributed by atoms with E-state index in [1.165, 1.54) is 19.3 Å². The van der Waals surface area contributed by atoms with Gasteiger partial charge in [-0.3, -0.25) is 9.89 Å². The monoisotopic (exact) mass is 223 g/mol. The summed E-state index contributed by atoms with van der Waals surface area (Å²) in [5, 5.41) is 3.23. The van der Waals surface area contributed by atoms with Gasteiger partial charge in [-0.15, -0.1) is 0 Å². The zero-order valence-electron chi connectivity index (χ0n) is 9.74. The van der Waals surface area contributed by atoms with Crippen molar-refractivity contribution in [2.24, 2.45) is 5.73 Å². The maximum atomic E-state index is 11.8. The Hall–Kier alpha value is -1.03. The van der Waals surface area contributed by atoms with Gasteiger partial charge in [-0.1, -0.05) is 19.3 Å². The summed E-state index contributed by atoms with van der Waals surface area (Å²) in [6.07, 6.45) is 7.89. The van der Waals surface area contributed by atoms with E-state index in [1.807, 2.05) is 4.68 Å². The Morgan fingerprint density at radius 2 is 2.12 bits per heavy atom. The Labute approximate surface area is 95.8 Å². The molecule has 1 aliphatic carbocycles. The summed E-state index contributed by atoms with van der Waals surface area (Å²) in [7, 11) is 0. The number of rotatable bonds is 4. The number of aromatic amines is 1. The summed E-state index contributed by atoms with van der Waals surface area (Å²) in [5.74, 6) is 0. The van der Waals surface area contributed by atoms with E-state index in [1.54, 1.807) is 6.07 Å². The summed E-state index contributed by atoms with van der Waals surface area (Å²) in [4.78, 5) is 11.8. The molecule has 0 bridgehead atoms. The van der Waals surface area contributed by atoms with Gasteiger partial charge in [-0.2, -0.15) is 0 Å². The predicted molar refractivity (Wildman–Crippen MR) is 64.6 cm³/mol. The van der Waals surface area contributed by atoms with Gasteiger partial charge in [-0.25, -0.2) is 4.68 Å². The van der Waals surface area contributed by atoms with Crippen molar-refractivity contribution in [3.05, 3.63) is 22.1 Å². The molecule has 1 aromatic rings. The van der Waals surface area contributed by atoms with E-state index in [-0.39, 0.29) is 5.56 Å². The van der Waals surface area contributed by atoms with E-state index in [2.05, 4.69) is 5.10 Å². The molecule has 16 heavy (non-hydrogen) atoms. The molecule has 3 N–H and O–H groups in total. The van der Waals surface area contributed by atoms with Crippen molar-refractivity contribution in [1.82, 2.24) is 9.78 Å². The topological polar surface area (TPSA) is 63.8 Å². The summed E-state index contributed by atoms with van der Waals surface area (Å²) in [6, 6.07) is 2.12. The minimum atomic E-state index is 0.124. The van der Waals surface area contributed by atoms with Crippen molar-refractivity contribution in [2.75, 3.05) is 6.54 Å². The Morgan fingerprint density at radius 3 is 2.81 bits per heavy atom. The average Bonchev–Trinajstić information content (AvgIpc) is 2.69. The van der Waals surface area contributed by atoms with Crippen LogP contribution in [0.1, 0.15) is 50.3 Å². The average molecular weight is 223 g/mol. The molecule has 0 radical (unpaired) electrons. The second kappa shape index (κ2) is 5.34. The highest BCUT2D eigenvalue weighted by atomic mass is 16.1. The number of nitrogens with two attached hydrogens (primary N) is 1. The van der Waals surface area contributed by atoms with Gasteiger partial charge in [0, 0.05) is 11.8 Å². The third-order valence-corrected chi connectivity index (χ3v) is 3.39. The van der Waals surface area contributed by atoms with Crippen molar-refractivity contribution in [1.29, 1.82) is 0 Å². The van der Waals surface area contributed by atoms with Crippen LogP contribution in [0.15, 0.2) is 10.9 Å². The quantitative estimate of drug-likeness (QED) is 0.814. The summed E-state index contributed by atoms with van der Waals surface area (Å²) in [5.41, 5.74) is 6.62. The number of hydrogen-bond donors (Lipinski definition) is 2. The van der Waals surface area contributed by atoms with Gasteiger partial charge in [0.25, 0.3) is 5.56 Å². The van der Waals surface area contributed by atoms with Gasteiger partial charge in [0.1, 0.15) is 0 Å². The summed E-state index contributed by atoms with van der Waals surface area (Å²) < 4.78 is 1.82. The molecule has 1 fully saturated rings. The Morgan fingerprint density at radius 1 is 1.38 bits per heavy atom. The smallest absolute Gasteiger partial charge is 0.266 e. The normalized spacial score (nSPS) is 17.8. The first-order chi connectivity index (χ1) is 7.81. The van der Waals surface area contributed by atoms with Gasteiger partial charge >= 0.3 is 0 Å². The second-order valence-corrected chi connectivity index (χ2v) is 4.67. The summed E-state index contributed by atoms with van der Waals surface area (Å²) in [6.45, 7) is 0.677. The Bertz CT molecular complexity index is 374. The molecular weight excluding hydrogens is 202 g/mol. The first-order valence-corrected chi connectivity index (χ1v) is 6.32. The van der Waals surface area contributed by atoms with Crippen LogP contribution in [-0.4, -0.2) is 16.3 Å². The molecule has 1 saturated carbocycles. The minimum Gasteiger partial charge on any atom is -0.330 e. The molecule has 0 spiro atoms. The lowest BCUT2D eigenvalue weighted by atomic mass is 9.96. The van der Waals surface area contributed by atoms with Crippen molar-refractivity contribution in [3.63, 3.8) is 0 Å². The molecule has 0 saturated heterocycles.